The summed E-state index contributed by atoms with van der Waals surface area (Å²) in [5.41, 5.74) is 0.239. The van der Waals surface area contributed by atoms with Crippen molar-refractivity contribution in [2.75, 3.05) is 22.0 Å². The second kappa shape index (κ2) is 5.13. The maximum Gasteiger partial charge on any atom is 0.230 e. The Balaban J connectivity index is 2.43. The molecule has 0 spiro atoms. The van der Waals surface area contributed by atoms with E-state index in [1.807, 2.05) is 0 Å². The van der Waals surface area contributed by atoms with E-state index < -0.39 is 20.0 Å². The maximum atomic E-state index is 11.4. The summed E-state index contributed by atoms with van der Waals surface area (Å²) in [5.74, 6) is 0.312. The molecule has 1 saturated carbocycles. The SMILES string of the molecule is CS(=O)(=O)Nc1cccc(OC2CC2)c1NS(C)(=O)=O. The van der Waals surface area contributed by atoms with Crippen LogP contribution in [0.5, 0.6) is 5.75 Å². The van der Waals surface area contributed by atoms with Gasteiger partial charge in [0.25, 0.3) is 0 Å². The van der Waals surface area contributed by atoms with Gasteiger partial charge in [-0.05, 0) is 25.0 Å². The number of ether oxygens (including phenoxy) is 1. The Labute approximate surface area is 118 Å². The molecule has 20 heavy (non-hydrogen) atoms. The van der Waals surface area contributed by atoms with Gasteiger partial charge in [0.05, 0.1) is 24.3 Å². The van der Waals surface area contributed by atoms with Gasteiger partial charge in [-0.25, -0.2) is 16.8 Å². The number of sulfonamides is 2. The molecule has 0 radical (unpaired) electrons. The van der Waals surface area contributed by atoms with Crippen LogP contribution in [0.15, 0.2) is 18.2 Å². The zero-order chi connectivity index (χ0) is 15.0. The van der Waals surface area contributed by atoms with Crippen LogP contribution in [-0.4, -0.2) is 35.5 Å². The van der Waals surface area contributed by atoms with E-state index in [-0.39, 0.29) is 17.5 Å². The molecular weight excluding hydrogens is 304 g/mol. The van der Waals surface area contributed by atoms with E-state index in [2.05, 4.69) is 9.44 Å². The Morgan fingerprint density at radius 2 is 1.65 bits per heavy atom. The van der Waals surface area contributed by atoms with Gasteiger partial charge in [-0.3, -0.25) is 9.44 Å². The summed E-state index contributed by atoms with van der Waals surface area (Å²) in [4.78, 5) is 0. The van der Waals surface area contributed by atoms with E-state index >= 15 is 0 Å². The smallest absolute Gasteiger partial charge is 0.230 e. The minimum Gasteiger partial charge on any atom is -0.488 e. The molecule has 0 heterocycles. The molecule has 0 atom stereocenters. The summed E-state index contributed by atoms with van der Waals surface area (Å²) in [5, 5.41) is 0. The van der Waals surface area contributed by atoms with E-state index in [0.717, 1.165) is 25.4 Å². The van der Waals surface area contributed by atoms with Crippen LogP contribution >= 0.6 is 0 Å². The Hall–Kier alpha value is -1.48. The van der Waals surface area contributed by atoms with Gasteiger partial charge in [0.15, 0.2) is 0 Å². The number of rotatable bonds is 6. The van der Waals surface area contributed by atoms with Crippen molar-refractivity contribution < 1.29 is 21.6 Å². The van der Waals surface area contributed by atoms with E-state index in [0.29, 0.717) is 5.75 Å². The molecule has 7 nitrogen and oxygen atoms in total. The van der Waals surface area contributed by atoms with Gasteiger partial charge in [-0.15, -0.1) is 0 Å². The van der Waals surface area contributed by atoms with Gasteiger partial charge in [0.2, 0.25) is 20.0 Å². The fraction of sp³-hybridized carbons (Fsp3) is 0.455. The van der Waals surface area contributed by atoms with Crippen LogP contribution in [0.2, 0.25) is 0 Å². The Kier molecular flexibility index (Phi) is 3.83. The lowest BCUT2D eigenvalue weighted by Gasteiger charge is -2.16. The first-order valence-corrected chi connectivity index (χ1v) is 9.67. The second-order valence-corrected chi connectivity index (χ2v) is 8.24. The summed E-state index contributed by atoms with van der Waals surface area (Å²) >= 11 is 0. The lowest BCUT2D eigenvalue weighted by atomic mass is 10.2. The second-order valence-electron chi connectivity index (χ2n) is 4.74. The van der Waals surface area contributed by atoms with E-state index in [4.69, 9.17) is 4.74 Å². The van der Waals surface area contributed by atoms with E-state index in [1.54, 1.807) is 12.1 Å². The molecule has 112 valence electrons. The highest BCUT2D eigenvalue weighted by atomic mass is 32.2. The molecule has 0 unspecified atom stereocenters. The molecule has 2 rings (SSSR count). The van der Waals surface area contributed by atoms with Crippen LogP contribution in [-0.2, 0) is 20.0 Å². The topological polar surface area (TPSA) is 102 Å². The summed E-state index contributed by atoms with van der Waals surface area (Å²) in [6.45, 7) is 0. The minimum absolute atomic E-state index is 0.0589. The summed E-state index contributed by atoms with van der Waals surface area (Å²) in [6.07, 6.45) is 3.85. The van der Waals surface area contributed by atoms with E-state index in [1.165, 1.54) is 6.07 Å². The van der Waals surface area contributed by atoms with Gasteiger partial charge >= 0.3 is 0 Å². The molecule has 0 amide bonds. The highest BCUT2D eigenvalue weighted by molar-refractivity contribution is 7.92. The van der Waals surface area contributed by atoms with Crippen molar-refractivity contribution in [2.45, 2.75) is 18.9 Å². The number of hydrogen-bond acceptors (Lipinski definition) is 5. The molecule has 2 N–H and O–H groups in total. The van der Waals surface area contributed by atoms with Crippen molar-refractivity contribution >= 4 is 31.4 Å². The Morgan fingerprint density at radius 3 is 2.15 bits per heavy atom. The summed E-state index contributed by atoms with van der Waals surface area (Å²) in [6, 6.07) is 4.66. The first-order valence-electron chi connectivity index (χ1n) is 5.89. The number of anilines is 2. The third-order valence-electron chi connectivity index (χ3n) is 2.43. The Bertz CT molecular complexity index is 708. The van der Waals surface area contributed by atoms with Crippen LogP contribution < -0.4 is 14.2 Å². The molecule has 0 aromatic heterocycles. The first-order chi connectivity index (χ1) is 9.14. The largest absolute Gasteiger partial charge is 0.488 e. The summed E-state index contributed by atoms with van der Waals surface area (Å²) in [7, 11) is -7.08. The average molecular weight is 320 g/mol. The minimum atomic E-state index is -3.56. The predicted octanol–water partition coefficient (Wildman–Crippen LogP) is 0.971. The van der Waals surface area contributed by atoms with Crippen molar-refractivity contribution in [1.29, 1.82) is 0 Å². The maximum absolute atomic E-state index is 11.4. The van der Waals surface area contributed by atoms with Gasteiger partial charge in [0.1, 0.15) is 11.4 Å². The third-order valence-corrected chi connectivity index (χ3v) is 3.59. The molecule has 0 saturated heterocycles. The highest BCUT2D eigenvalue weighted by Gasteiger charge is 2.26. The molecule has 1 aliphatic carbocycles. The number of nitrogens with one attached hydrogen (secondary N) is 2. The van der Waals surface area contributed by atoms with Crippen molar-refractivity contribution in [3.8, 4) is 5.75 Å². The standard InChI is InChI=1S/C11H16N2O5S2/c1-19(14,15)12-9-4-3-5-10(18-8-6-7-8)11(9)13-20(2,16)17/h3-5,8,12-13H,6-7H2,1-2H3. The molecule has 0 bridgehead atoms. The fourth-order valence-corrected chi connectivity index (χ4v) is 2.72. The third kappa shape index (κ3) is 4.57. The van der Waals surface area contributed by atoms with Gasteiger partial charge in [-0.2, -0.15) is 0 Å². The average Bonchev–Trinajstić information content (AvgIpc) is 3.03. The monoisotopic (exact) mass is 320 g/mol. The predicted molar refractivity (Wildman–Crippen MR) is 77.0 cm³/mol. The van der Waals surface area contributed by atoms with Crippen LogP contribution in [0.4, 0.5) is 11.4 Å². The van der Waals surface area contributed by atoms with Gasteiger partial charge < -0.3 is 4.74 Å². The lowest BCUT2D eigenvalue weighted by Crippen LogP contribution is -2.16. The number of para-hydroxylation sites is 1. The van der Waals surface area contributed by atoms with Crippen LogP contribution in [0, 0.1) is 0 Å². The summed E-state index contributed by atoms with van der Waals surface area (Å²) < 4.78 is 55.7. The molecule has 1 aromatic carbocycles. The number of benzene rings is 1. The molecule has 9 heteroatoms. The molecular formula is C11H16N2O5S2. The molecule has 1 aromatic rings. The molecule has 1 aliphatic rings. The zero-order valence-electron chi connectivity index (χ0n) is 11.1. The van der Waals surface area contributed by atoms with Crippen LogP contribution in [0.25, 0.3) is 0 Å². The fourth-order valence-electron chi connectivity index (χ4n) is 1.57. The van der Waals surface area contributed by atoms with Crippen molar-refractivity contribution in [2.24, 2.45) is 0 Å². The lowest BCUT2D eigenvalue weighted by molar-refractivity contribution is 0.305. The van der Waals surface area contributed by atoms with Crippen molar-refractivity contribution in [3.63, 3.8) is 0 Å². The van der Waals surface area contributed by atoms with Gasteiger partial charge in [0, 0.05) is 0 Å². The van der Waals surface area contributed by atoms with Crippen molar-refractivity contribution in [1.82, 2.24) is 0 Å². The van der Waals surface area contributed by atoms with Crippen LogP contribution in [0.3, 0.4) is 0 Å². The Morgan fingerprint density at radius 1 is 1.05 bits per heavy atom. The molecule has 1 fully saturated rings. The molecule has 0 aliphatic heterocycles. The quantitative estimate of drug-likeness (QED) is 0.813. The van der Waals surface area contributed by atoms with Crippen LogP contribution in [0.1, 0.15) is 12.8 Å². The zero-order valence-corrected chi connectivity index (χ0v) is 12.7. The number of hydrogen-bond donors (Lipinski definition) is 2. The first kappa shape index (κ1) is 14.9. The normalized spacial score (nSPS) is 15.7. The highest BCUT2D eigenvalue weighted by Crippen LogP contribution is 2.37. The van der Waals surface area contributed by atoms with E-state index in [9.17, 15) is 16.8 Å². The van der Waals surface area contributed by atoms with Gasteiger partial charge in [-0.1, -0.05) is 6.07 Å². The van der Waals surface area contributed by atoms with Crippen molar-refractivity contribution in [3.05, 3.63) is 18.2 Å².